The van der Waals surface area contributed by atoms with Gasteiger partial charge in [0.05, 0.1) is 0 Å². The number of urea groups is 1. The Bertz CT molecular complexity index is 301. The number of carboxylic acid groups (broad SMARTS) is 1. The van der Waals surface area contributed by atoms with E-state index in [0.29, 0.717) is 12.5 Å². The Kier molecular flexibility index (Phi) is 6.77. The lowest BCUT2D eigenvalue weighted by Crippen LogP contribution is -2.47. The van der Waals surface area contributed by atoms with E-state index in [4.69, 9.17) is 10.8 Å². The highest BCUT2D eigenvalue weighted by Gasteiger charge is 2.19. The van der Waals surface area contributed by atoms with Crippen molar-refractivity contribution < 1.29 is 19.5 Å². The molecular formula is C11H21N3O4. The minimum Gasteiger partial charge on any atom is -0.480 e. The first-order chi connectivity index (χ1) is 8.23. The third-order valence-electron chi connectivity index (χ3n) is 2.67. The summed E-state index contributed by atoms with van der Waals surface area (Å²) in [5.74, 6) is -1.28. The van der Waals surface area contributed by atoms with Crippen molar-refractivity contribution in [1.82, 2.24) is 10.2 Å². The molecule has 18 heavy (non-hydrogen) atoms. The molecule has 0 bridgehead atoms. The molecule has 1 atom stereocenters. The van der Waals surface area contributed by atoms with Crippen molar-refractivity contribution in [3.05, 3.63) is 0 Å². The number of aliphatic carboxylic acids is 1. The van der Waals surface area contributed by atoms with Crippen molar-refractivity contribution in [3.63, 3.8) is 0 Å². The van der Waals surface area contributed by atoms with E-state index in [9.17, 15) is 14.4 Å². The molecule has 0 aromatic heterocycles. The zero-order chi connectivity index (χ0) is 14.3. The maximum atomic E-state index is 11.7. The number of amides is 3. The Morgan fingerprint density at radius 1 is 1.22 bits per heavy atom. The van der Waals surface area contributed by atoms with E-state index in [1.165, 1.54) is 0 Å². The number of carbonyl (C=O) groups excluding carboxylic acids is 2. The van der Waals surface area contributed by atoms with Gasteiger partial charge in [-0.2, -0.15) is 0 Å². The van der Waals surface area contributed by atoms with Crippen molar-refractivity contribution >= 4 is 17.9 Å². The predicted molar refractivity (Wildman–Crippen MR) is 65.8 cm³/mol. The fourth-order valence-corrected chi connectivity index (χ4v) is 1.15. The van der Waals surface area contributed by atoms with Crippen molar-refractivity contribution in [2.24, 2.45) is 17.6 Å². The first kappa shape index (κ1) is 16.2. The summed E-state index contributed by atoms with van der Waals surface area (Å²) in [6, 6.07) is -0.594. The van der Waals surface area contributed by atoms with E-state index in [1.54, 1.807) is 0 Å². The summed E-state index contributed by atoms with van der Waals surface area (Å²) in [4.78, 5) is 33.9. The summed E-state index contributed by atoms with van der Waals surface area (Å²) >= 11 is 0. The zero-order valence-corrected chi connectivity index (χ0v) is 11.0. The summed E-state index contributed by atoms with van der Waals surface area (Å²) in [5.41, 5.74) is 4.96. The van der Waals surface area contributed by atoms with Crippen LogP contribution in [0.5, 0.6) is 0 Å². The second kappa shape index (κ2) is 7.52. The van der Waals surface area contributed by atoms with Gasteiger partial charge in [-0.1, -0.05) is 20.8 Å². The molecule has 0 aromatic carbocycles. The lowest BCUT2D eigenvalue weighted by atomic mass is 9.98. The van der Waals surface area contributed by atoms with Crippen LogP contribution in [0.2, 0.25) is 0 Å². The van der Waals surface area contributed by atoms with Gasteiger partial charge in [0.25, 0.3) is 0 Å². The van der Waals surface area contributed by atoms with Crippen LogP contribution in [0.15, 0.2) is 0 Å². The lowest BCUT2D eigenvalue weighted by Gasteiger charge is -2.22. The van der Waals surface area contributed by atoms with Crippen LogP contribution in [0.4, 0.5) is 4.79 Å². The number of carboxylic acids is 1. The Balaban J connectivity index is 4.37. The molecule has 7 heteroatoms. The van der Waals surface area contributed by atoms with E-state index >= 15 is 0 Å². The minimum atomic E-state index is -1.19. The highest BCUT2D eigenvalue weighted by Crippen LogP contribution is 2.07. The number of primary amides is 1. The molecule has 0 spiro atoms. The molecule has 0 saturated carbocycles. The molecule has 0 saturated heterocycles. The smallest absolute Gasteiger partial charge is 0.323 e. The number of carbonyl (C=O) groups is 3. The summed E-state index contributed by atoms with van der Waals surface area (Å²) in [6.45, 7) is 5.48. The third-order valence-corrected chi connectivity index (χ3v) is 2.67. The molecular weight excluding hydrogens is 238 g/mol. The van der Waals surface area contributed by atoms with Crippen LogP contribution < -0.4 is 11.1 Å². The Hall–Kier alpha value is -1.79. The minimum absolute atomic E-state index is 0.259. The quantitative estimate of drug-likeness (QED) is 0.590. The SMILES string of the molecule is CC(C)C(C)CNC(=O)N(CC(N)=O)CC(=O)O. The number of nitrogens with two attached hydrogens (primary N) is 1. The van der Waals surface area contributed by atoms with Crippen molar-refractivity contribution in [2.45, 2.75) is 20.8 Å². The second-order valence-electron chi connectivity index (χ2n) is 4.62. The molecule has 4 N–H and O–H groups in total. The normalized spacial score (nSPS) is 12.0. The maximum Gasteiger partial charge on any atom is 0.323 e. The third kappa shape index (κ3) is 6.72. The van der Waals surface area contributed by atoms with E-state index in [2.05, 4.69) is 5.32 Å². The second-order valence-corrected chi connectivity index (χ2v) is 4.62. The Morgan fingerprint density at radius 2 is 1.78 bits per heavy atom. The van der Waals surface area contributed by atoms with Crippen LogP contribution in [0.1, 0.15) is 20.8 Å². The summed E-state index contributed by atoms with van der Waals surface area (Å²) in [6.07, 6.45) is 0. The van der Waals surface area contributed by atoms with E-state index in [0.717, 1.165) is 4.90 Å². The van der Waals surface area contributed by atoms with E-state index in [1.807, 2.05) is 20.8 Å². The van der Waals surface area contributed by atoms with Gasteiger partial charge in [-0.15, -0.1) is 0 Å². The highest BCUT2D eigenvalue weighted by molar-refractivity contribution is 5.85. The Labute approximate surface area is 106 Å². The maximum absolute atomic E-state index is 11.7. The van der Waals surface area contributed by atoms with Crippen LogP contribution >= 0.6 is 0 Å². The van der Waals surface area contributed by atoms with Gasteiger partial charge in [0.1, 0.15) is 13.1 Å². The fraction of sp³-hybridized carbons (Fsp3) is 0.727. The van der Waals surface area contributed by atoms with Gasteiger partial charge in [-0.3, -0.25) is 9.59 Å². The van der Waals surface area contributed by atoms with E-state index < -0.39 is 31.0 Å². The fourth-order valence-electron chi connectivity index (χ4n) is 1.15. The molecule has 104 valence electrons. The summed E-state index contributed by atoms with van der Waals surface area (Å²) in [5, 5.41) is 11.2. The van der Waals surface area contributed by atoms with Gasteiger partial charge in [-0.25, -0.2) is 4.79 Å². The van der Waals surface area contributed by atoms with Crippen LogP contribution in [0.3, 0.4) is 0 Å². The molecule has 0 fully saturated rings. The van der Waals surface area contributed by atoms with Gasteiger partial charge in [-0.05, 0) is 11.8 Å². The van der Waals surface area contributed by atoms with Crippen LogP contribution in [0, 0.1) is 11.8 Å². The van der Waals surface area contributed by atoms with Gasteiger partial charge < -0.3 is 21.1 Å². The van der Waals surface area contributed by atoms with Crippen molar-refractivity contribution in [1.29, 1.82) is 0 Å². The lowest BCUT2D eigenvalue weighted by molar-refractivity contribution is -0.137. The Morgan fingerprint density at radius 3 is 2.17 bits per heavy atom. The number of rotatable bonds is 7. The summed E-state index contributed by atoms with van der Waals surface area (Å²) in [7, 11) is 0. The summed E-state index contributed by atoms with van der Waals surface area (Å²) < 4.78 is 0. The molecule has 0 aliphatic carbocycles. The van der Waals surface area contributed by atoms with Crippen LogP contribution in [-0.4, -0.2) is 47.5 Å². The monoisotopic (exact) mass is 259 g/mol. The molecule has 0 aliphatic heterocycles. The van der Waals surface area contributed by atoms with Crippen molar-refractivity contribution in [2.75, 3.05) is 19.6 Å². The number of nitrogens with zero attached hydrogens (tertiary/aromatic N) is 1. The molecule has 0 heterocycles. The molecule has 0 radical (unpaired) electrons. The van der Waals surface area contributed by atoms with Gasteiger partial charge in [0, 0.05) is 6.54 Å². The standard InChI is InChI=1S/C11H21N3O4/c1-7(2)8(3)4-13-11(18)14(5-9(12)15)6-10(16)17/h7-8H,4-6H2,1-3H3,(H2,12,15)(H,13,18)(H,16,17). The van der Waals surface area contributed by atoms with Crippen LogP contribution in [-0.2, 0) is 9.59 Å². The van der Waals surface area contributed by atoms with Crippen LogP contribution in [0.25, 0.3) is 0 Å². The zero-order valence-electron chi connectivity index (χ0n) is 11.0. The average Bonchev–Trinajstić information content (AvgIpc) is 2.22. The van der Waals surface area contributed by atoms with Gasteiger partial charge in [0.2, 0.25) is 5.91 Å². The number of hydrogen-bond acceptors (Lipinski definition) is 3. The number of hydrogen-bond donors (Lipinski definition) is 3. The average molecular weight is 259 g/mol. The number of nitrogens with one attached hydrogen (secondary N) is 1. The first-order valence-electron chi connectivity index (χ1n) is 5.77. The molecule has 0 aliphatic rings. The van der Waals surface area contributed by atoms with Gasteiger partial charge >= 0.3 is 12.0 Å². The van der Waals surface area contributed by atoms with E-state index in [-0.39, 0.29) is 5.92 Å². The molecule has 0 rings (SSSR count). The van der Waals surface area contributed by atoms with Crippen molar-refractivity contribution in [3.8, 4) is 0 Å². The molecule has 1 unspecified atom stereocenters. The molecule has 7 nitrogen and oxygen atoms in total. The molecule has 3 amide bonds. The topological polar surface area (TPSA) is 113 Å². The first-order valence-corrected chi connectivity index (χ1v) is 5.77. The van der Waals surface area contributed by atoms with Gasteiger partial charge in [0.15, 0.2) is 0 Å². The molecule has 0 aromatic rings. The highest BCUT2D eigenvalue weighted by atomic mass is 16.4. The predicted octanol–water partition coefficient (Wildman–Crippen LogP) is -0.140. The largest absolute Gasteiger partial charge is 0.480 e.